The van der Waals surface area contributed by atoms with Crippen molar-refractivity contribution in [2.75, 3.05) is 13.7 Å². The molecule has 0 unspecified atom stereocenters. The minimum absolute atomic E-state index is 0.0199. The molecule has 0 radical (unpaired) electrons. The van der Waals surface area contributed by atoms with Crippen LogP contribution in [0.4, 0.5) is 0 Å². The van der Waals surface area contributed by atoms with Crippen LogP contribution in [0.25, 0.3) is 22.5 Å². The highest BCUT2D eigenvalue weighted by molar-refractivity contribution is 6.32. The molecule has 2 amide bonds. The average molecular weight is 462 g/mol. The number of benzene rings is 2. The maximum atomic E-state index is 12.8. The lowest BCUT2D eigenvalue weighted by Crippen LogP contribution is -2.27. The Kier molecular flexibility index (Phi) is 7.18. The molecule has 0 saturated heterocycles. The fourth-order valence-corrected chi connectivity index (χ4v) is 3.14. The van der Waals surface area contributed by atoms with Gasteiger partial charge < -0.3 is 24.8 Å². The molecule has 0 bridgehead atoms. The molecule has 1 heterocycles. The van der Waals surface area contributed by atoms with Crippen molar-refractivity contribution in [2.45, 2.75) is 12.8 Å². The maximum Gasteiger partial charge on any atom is 0.274 e. The largest absolute Gasteiger partial charge is 0.507 e. The number of hydrogen-bond donors (Lipinski definition) is 5. The Labute approximate surface area is 187 Å². The first-order valence-corrected chi connectivity index (χ1v) is 9.80. The lowest BCUT2D eigenvalue weighted by molar-refractivity contribution is -0.129. The van der Waals surface area contributed by atoms with Gasteiger partial charge in [-0.1, -0.05) is 28.9 Å². The molecule has 3 rings (SSSR count). The molecular weight excluding hydrogens is 442 g/mol. The molecule has 11 heteroatoms. The van der Waals surface area contributed by atoms with Gasteiger partial charge in [0.2, 0.25) is 5.91 Å². The Hall–Kier alpha value is -3.76. The number of nitrogens with zero attached hydrogens (tertiary/aromatic N) is 1. The summed E-state index contributed by atoms with van der Waals surface area (Å²) in [5.74, 6) is -1.11. The van der Waals surface area contributed by atoms with Crippen LogP contribution in [0.5, 0.6) is 17.2 Å². The number of aromatic nitrogens is 1. The van der Waals surface area contributed by atoms with Gasteiger partial charge in [-0.15, -0.1) is 0 Å². The van der Waals surface area contributed by atoms with E-state index in [1.54, 1.807) is 24.3 Å². The van der Waals surface area contributed by atoms with Crippen molar-refractivity contribution in [1.82, 2.24) is 16.0 Å². The third-order valence-corrected chi connectivity index (χ3v) is 4.89. The van der Waals surface area contributed by atoms with E-state index in [1.165, 1.54) is 18.7 Å². The molecule has 2 aromatic carbocycles. The van der Waals surface area contributed by atoms with Crippen molar-refractivity contribution in [2.24, 2.45) is 0 Å². The van der Waals surface area contributed by atoms with Crippen molar-refractivity contribution in [3.8, 4) is 39.7 Å². The van der Waals surface area contributed by atoms with Crippen LogP contribution in [0.15, 0.2) is 40.9 Å². The Morgan fingerprint density at radius 3 is 2.53 bits per heavy atom. The van der Waals surface area contributed by atoms with Gasteiger partial charge in [0, 0.05) is 19.0 Å². The van der Waals surface area contributed by atoms with Gasteiger partial charge in [-0.3, -0.25) is 14.8 Å². The van der Waals surface area contributed by atoms with E-state index < -0.39 is 11.8 Å². The van der Waals surface area contributed by atoms with Crippen LogP contribution in [0, 0.1) is 0 Å². The fraction of sp³-hybridized carbons (Fsp3) is 0.190. The van der Waals surface area contributed by atoms with Crippen molar-refractivity contribution < 1.29 is 34.3 Å². The Balaban J connectivity index is 2.00. The van der Waals surface area contributed by atoms with Gasteiger partial charge in [0.1, 0.15) is 17.2 Å². The normalized spacial score (nSPS) is 10.6. The standard InChI is InChI=1S/C21H20ClN3O7/c1-31-12-6-4-11(5-7-12)18-19(21(29)23-8-2-3-17(28)24-30)25-32-20(18)13-9-14(22)16(27)10-15(13)26/h4-7,9-10,26-27,30H,2-3,8H2,1H3,(H,23,29)(H,24,28). The number of aromatic hydroxyl groups is 2. The maximum absolute atomic E-state index is 12.8. The summed E-state index contributed by atoms with van der Waals surface area (Å²) >= 11 is 6.00. The van der Waals surface area contributed by atoms with Gasteiger partial charge in [-0.25, -0.2) is 5.48 Å². The number of methoxy groups -OCH3 is 1. The van der Waals surface area contributed by atoms with E-state index in [4.69, 9.17) is 26.1 Å². The van der Waals surface area contributed by atoms with Crippen LogP contribution in [0.2, 0.25) is 5.02 Å². The molecule has 168 valence electrons. The van der Waals surface area contributed by atoms with Crippen LogP contribution in [0.1, 0.15) is 23.3 Å². The van der Waals surface area contributed by atoms with Crippen LogP contribution in [0.3, 0.4) is 0 Å². The Bertz CT molecular complexity index is 1130. The quantitative estimate of drug-likeness (QED) is 0.195. The third-order valence-electron chi connectivity index (χ3n) is 4.59. The molecule has 5 N–H and O–H groups in total. The number of phenolic OH excluding ortho intramolecular Hbond substituents is 2. The second kappa shape index (κ2) is 10.0. The zero-order valence-electron chi connectivity index (χ0n) is 16.9. The van der Waals surface area contributed by atoms with Gasteiger partial charge in [-0.2, -0.15) is 0 Å². The third kappa shape index (κ3) is 4.93. The first-order valence-electron chi connectivity index (χ1n) is 9.42. The summed E-state index contributed by atoms with van der Waals surface area (Å²) in [6.07, 6.45) is 0.307. The Morgan fingerprint density at radius 1 is 1.16 bits per heavy atom. The van der Waals surface area contributed by atoms with Gasteiger partial charge in [0.05, 0.1) is 23.3 Å². The first-order chi connectivity index (χ1) is 15.3. The lowest BCUT2D eigenvalue weighted by Gasteiger charge is -2.09. The molecule has 0 aliphatic heterocycles. The summed E-state index contributed by atoms with van der Waals surface area (Å²) in [6, 6.07) is 9.11. The highest BCUT2D eigenvalue weighted by Gasteiger charge is 2.26. The summed E-state index contributed by atoms with van der Waals surface area (Å²) in [6.45, 7) is 0.146. The molecule has 0 aliphatic rings. The van der Waals surface area contributed by atoms with E-state index >= 15 is 0 Å². The number of halogens is 1. The van der Waals surface area contributed by atoms with Crippen molar-refractivity contribution >= 4 is 23.4 Å². The summed E-state index contributed by atoms with van der Waals surface area (Å²) in [5, 5.41) is 35.1. The predicted octanol–water partition coefficient (Wildman–Crippen LogP) is 3.10. The molecule has 32 heavy (non-hydrogen) atoms. The zero-order chi connectivity index (χ0) is 23.3. The van der Waals surface area contributed by atoms with Crippen molar-refractivity contribution in [3.63, 3.8) is 0 Å². The smallest absolute Gasteiger partial charge is 0.274 e. The van der Waals surface area contributed by atoms with E-state index in [0.717, 1.165) is 6.07 Å². The van der Waals surface area contributed by atoms with Gasteiger partial charge in [0.15, 0.2) is 11.5 Å². The zero-order valence-corrected chi connectivity index (χ0v) is 17.6. The highest BCUT2D eigenvalue weighted by Crippen LogP contribution is 2.43. The molecule has 1 aromatic heterocycles. The summed E-state index contributed by atoms with van der Waals surface area (Å²) in [4.78, 5) is 23.9. The SMILES string of the molecule is COc1ccc(-c2c(C(=O)NCCCC(=O)NO)noc2-c2cc(Cl)c(O)cc2O)cc1. The predicted molar refractivity (Wildman–Crippen MR) is 114 cm³/mol. The Morgan fingerprint density at radius 2 is 1.88 bits per heavy atom. The molecule has 0 fully saturated rings. The monoisotopic (exact) mass is 461 g/mol. The van der Waals surface area contributed by atoms with Crippen LogP contribution >= 0.6 is 11.6 Å². The molecule has 0 saturated carbocycles. The number of phenols is 2. The van der Waals surface area contributed by atoms with Crippen LogP contribution in [-0.2, 0) is 4.79 Å². The number of ether oxygens (including phenoxy) is 1. The molecular formula is C21H20ClN3O7. The van der Waals surface area contributed by atoms with Gasteiger partial charge >= 0.3 is 0 Å². The number of amides is 2. The number of nitrogens with one attached hydrogen (secondary N) is 2. The number of carbonyl (C=O) groups is 2. The van der Waals surface area contributed by atoms with Crippen LogP contribution in [-0.4, -0.2) is 46.0 Å². The molecule has 0 atom stereocenters. The molecule has 0 spiro atoms. The molecule has 0 aliphatic carbocycles. The van der Waals surface area contributed by atoms with Crippen molar-refractivity contribution in [3.05, 3.63) is 47.1 Å². The van der Waals surface area contributed by atoms with E-state index in [1.807, 2.05) is 0 Å². The number of rotatable bonds is 8. The van der Waals surface area contributed by atoms with Crippen molar-refractivity contribution in [1.29, 1.82) is 0 Å². The van der Waals surface area contributed by atoms with Crippen LogP contribution < -0.4 is 15.5 Å². The highest BCUT2D eigenvalue weighted by atomic mass is 35.5. The summed E-state index contributed by atoms with van der Waals surface area (Å²) < 4.78 is 10.6. The van der Waals surface area contributed by atoms with Gasteiger partial charge in [-0.05, 0) is 30.2 Å². The lowest BCUT2D eigenvalue weighted by atomic mass is 9.98. The first kappa shape index (κ1) is 22.9. The minimum atomic E-state index is -0.570. The minimum Gasteiger partial charge on any atom is -0.507 e. The van der Waals surface area contributed by atoms with E-state index in [9.17, 15) is 19.8 Å². The second-order valence-corrected chi connectivity index (χ2v) is 7.09. The van der Waals surface area contributed by atoms with E-state index in [2.05, 4.69) is 10.5 Å². The summed E-state index contributed by atoms with van der Waals surface area (Å²) in [7, 11) is 1.52. The second-order valence-electron chi connectivity index (χ2n) is 6.68. The number of hydrogen-bond acceptors (Lipinski definition) is 8. The fourth-order valence-electron chi connectivity index (χ4n) is 2.98. The molecule has 10 nitrogen and oxygen atoms in total. The van der Waals surface area contributed by atoms with E-state index in [-0.39, 0.29) is 58.5 Å². The molecule has 3 aromatic rings. The van der Waals surface area contributed by atoms with E-state index in [0.29, 0.717) is 11.3 Å². The topological polar surface area (TPSA) is 154 Å². The van der Waals surface area contributed by atoms with Gasteiger partial charge in [0.25, 0.3) is 5.91 Å². The number of hydroxylamine groups is 1. The summed E-state index contributed by atoms with van der Waals surface area (Å²) in [5.41, 5.74) is 2.43. The average Bonchev–Trinajstić information content (AvgIpc) is 3.23. The number of carbonyl (C=O) groups excluding carboxylic acids is 2.